The van der Waals surface area contributed by atoms with Gasteiger partial charge in [0.15, 0.2) is 0 Å². The van der Waals surface area contributed by atoms with Gasteiger partial charge < -0.3 is 19.9 Å². The fourth-order valence-corrected chi connectivity index (χ4v) is 2.68. The number of aliphatic carboxylic acids is 1. The number of alkyl halides is 3. The number of aromatic nitrogens is 4. The molecule has 0 saturated heterocycles. The number of carboxylic acids is 1. The molecule has 0 spiro atoms. The number of carbonyl (C=O) groups is 2. The van der Waals surface area contributed by atoms with Gasteiger partial charge in [0.2, 0.25) is 0 Å². The summed E-state index contributed by atoms with van der Waals surface area (Å²) in [5, 5.41) is 14.4. The number of urea groups is 1. The average Bonchev–Trinajstić information content (AvgIpc) is 3.15. The Kier molecular flexibility index (Phi) is 5.56. The largest absolute Gasteiger partial charge is 0.490 e. The average molecular weight is 400 g/mol. The molecule has 0 atom stereocenters. The van der Waals surface area contributed by atoms with Gasteiger partial charge in [0.1, 0.15) is 5.82 Å². The maximum Gasteiger partial charge on any atom is 0.490 e. The summed E-state index contributed by atoms with van der Waals surface area (Å²) in [6.45, 7) is 2.82. The summed E-state index contributed by atoms with van der Waals surface area (Å²) in [6, 6.07) is 2.35. The second-order valence-corrected chi connectivity index (χ2v) is 6.47. The summed E-state index contributed by atoms with van der Waals surface area (Å²) in [5.74, 6) is -1.80. The van der Waals surface area contributed by atoms with Crippen molar-refractivity contribution in [2.24, 2.45) is 0 Å². The predicted octanol–water partition coefficient (Wildman–Crippen LogP) is 1.45. The van der Waals surface area contributed by atoms with Gasteiger partial charge in [0.25, 0.3) is 0 Å². The zero-order chi connectivity index (χ0) is 20.3. The first-order chi connectivity index (χ1) is 13.2. The summed E-state index contributed by atoms with van der Waals surface area (Å²) in [6.07, 6.45) is 2.75. The molecule has 0 radical (unpaired) electrons. The molecule has 4 rings (SSSR count). The number of carbonyl (C=O) groups excluding carboxylic acids is 1. The van der Waals surface area contributed by atoms with E-state index in [0.717, 1.165) is 37.4 Å². The van der Waals surface area contributed by atoms with Crippen LogP contribution >= 0.6 is 0 Å². The molecule has 2 aromatic rings. The molecule has 9 nitrogen and oxygen atoms in total. The van der Waals surface area contributed by atoms with Gasteiger partial charge in [-0.15, -0.1) is 0 Å². The third-order valence-corrected chi connectivity index (χ3v) is 4.26. The van der Waals surface area contributed by atoms with E-state index in [2.05, 4.69) is 20.0 Å². The first-order valence-corrected chi connectivity index (χ1v) is 8.60. The van der Waals surface area contributed by atoms with Crippen molar-refractivity contribution in [1.29, 1.82) is 0 Å². The highest BCUT2D eigenvalue weighted by molar-refractivity contribution is 5.75. The number of hydrogen-bond acceptors (Lipinski definition) is 4. The number of amides is 2. The van der Waals surface area contributed by atoms with Crippen LogP contribution in [-0.4, -0.2) is 60.1 Å². The Morgan fingerprint density at radius 3 is 2.57 bits per heavy atom. The Balaban J connectivity index is 0.000000279. The minimum absolute atomic E-state index is 0.0420. The summed E-state index contributed by atoms with van der Waals surface area (Å²) >= 11 is 0. The molecule has 3 heterocycles. The first kappa shape index (κ1) is 19.7. The van der Waals surface area contributed by atoms with Gasteiger partial charge in [0, 0.05) is 31.5 Å². The van der Waals surface area contributed by atoms with Crippen molar-refractivity contribution in [3.05, 3.63) is 36.2 Å². The number of imidazole rings is 1. The highest BCUT2D eigenvalue weighted by Gasteiger charge is 2.38. The van der Waals surface area contributed by atoms with Crippen LogP contribution in [0.4, 0.5) is 18.0 Å². The lowest BCUT2D eigenvalue weighted by atomic mass is 10.3. The van der Waals surface area contributed by atoms with Crippen LogP contribution in [0.15, 0.2) is 24.7 Å². The number of nitrogens with one attached hydrogen (secondary N) is 1. The van der Waals surface area contributed by atoms with Crippen molar-refractivity contribution in [1.82, 2.24) is 29.5 Å². The fraction of sp³-hybridized carbons (Fsp3) is 0.500. The van der Waals surface area contributed by atoms with Gasteiger partial charge in [-0.05, 0) is 18.9 Å². The SMILES string of the molecule is O=C(NC1CC1)N1CCn2c(Cn3cccn3)cnc2C1.O=C(O)C(F)(F)F. The van der Waals surface area contributed by atoms with Crippen molar-refractivity contribution >= 4 is 12.0 Å². The minimum Gasteiger partial charge on any atom is -0.475 e. The zero-order valence-corrected chi connectivity index (χ0v) is 14.8. The van der Waals surface area contributed by atoms with E-state index >= 15 is 0 Å². The van der Waals surface area contributed by atoms with E-state index in [1.165, 1.54) is 0 Å². The third-order valence-electron chi connectivity index (χ3n) is 4.26. The van der Waals surface area contributed by atoms with Crippen molar-refractivity contribution in [2.75, 3.05) is 6.54 Å². The van der Waals surface area contributed by atoms with E-state index < -0.39 is 12.1 Å². The normalized spacial score (nSPS) is 16.0. The van der Waals surface area contributed by atoms with Crippen LogP contribution in [0.1, 0.15) is 24.4 Å². The molecule has 0 bridgehead atoms. The highest BCUT2D eigenvalue weighted by atomic mass is 19.4. The lowest BCUT2D eigenvalue weighted by molar-refractivity contribution is -0.192. The molecular formula is C16H19F3N6O3. The number of nitrogens with zero attached hydrogens (tertiary/aromatic N) is 5. The van der Waals surface area contributed by atoms with Crippen LogP contribution < -0.4 is 5.32 Å². The predicted molar refractivity (Wildman–Crippen MR) is 89.2 cm³/mol. The van der Waals surface area contributed by atoms with Gasteiger partial charge >= 0.3 is 18.2 Å². The lowest BCUT2D eigenvalue weighted by Gasteiger charge is -2.28. The molecular weight excluding hydrogens is 381 g/mol. The number of fused-ring (bicyclic) bond motifs is 1. The Hall–Kier alpha value is -3.05. The van der Waals surface area contributed by atoms with Gasteiger partial charge in [-0.1, -0.05) is 0 Å². The maximum atomic E-state index is 12.1. The Morgan fingerprint density at radius 2 is 2.00 bits per heavy atom. The Labute approximate surface area is 157 Å². The Morgan fingerprint density at radius 1 is 1.29 bits per heavy atom. The standard InChI is InChI=1S/C14H18N6O.C2HF3O2/c21-14(17-11-2-3-11)18-6-7-20-12(8-15-13(20)10-18)9-19-5-1-4-16-19;3-2(4,5)1(6)7/h1,4-5,8,11H,2-3,6-7,9-10H2,(H,17,21);(H,6,7). The molecule has 2 amide bonds. The molecule has 0 aromatic carbocycles. The molecule has 1 saturated carbocycles. The van der Waals surface area contributed by atoms with Gasteiger partial charge in [0.05, 0.1) is 25.0 Å². The molecule has 1 aliphatic carbocycles. The quantitative estimate of drug-likeness (QED) is 0.811. The molecule has 152 valence electrons. The fourth-order valence-electron chi connectivity index (χ4n) is 2.68. The van der Waals surface area contributed by atoms with Crippen molar-refractivity contribution in [2.45, 2.75) is 44.7 Å². The van der Waals surface area contributed by atoms with E-state index in [1.54, 1.807) is 6.20 Å². The van der Waals surface area contributed by atoms with Crippen LogP contribution in [0.5, 0.6) is 0 Å². The van der Waals surface area contributed by atoms with Gasteiger partial charge in [-0.2, -0.15) is 18.3 Å². The van der Waals surface area contributed by atoms with Crippen molar-refractivity contribution in [3.63, 3.8) is 0 Å². The smallest absolute Gasteiger partial charge is 0.475 e. The van der Waals surface area contributed by atoms with Crippen LogP contribution in [0.25, 0.3) is 0 Å². The summed E-state index contributed by atoms with van der Waals surface area (Å²) < 4.78 is 35.8. The van der Waals surface area contributed by atoms with E-state index in [-0.39, 0.29) is 6.03 Å². The molecule has 1 fully saturated rings. The Bertz CT molecular complexity index is 829. The number of rotatable bonds is 3. The second kappa shape index (κ2) is 7.90. The van der Waals surface area contributed by atoms with E-state index in [1.807, 2.05) is 28.0 Å². The van der Waals surface area contributed by atoms with Crippen molar-refractivity contribution in [3.8, 4) is 0 Å². The zero-order valence-electron chi connectivity index (χ0n) is 14.8. The number of hydrogen-bond donors (Lipinski definition) is 2. The van der Waals surface area contributed by atoms with E-state index in [4.69, 9.17) is 9.90 Å². The molecule has 0 unspecified atom stereocenters. The maximum absolute atomic E-state index is 12.1. The van der Waals surface area contributed by atoms with Crippen LogP contribution in [0.3, 0.4) is 0 Å². The molecule has 2 aromatic heterocycles. The van der Waals surface area contributed by atoms with Crippen LogP contribution in [0.2, 0.25) is 0 Å². The lowest BCUT2D eigenvalue weighted by Crippen LogP contribution is -2.45. The molecule has 2 aliphatic rings. The van der Waals surface area contributed by atoms with Gasteiger partial charge in [-0.25, -0.2) is 14.6 Å². The van der Waals surface area contributed by atoms with Crippen LogP contribution in [-0.2, 0) is 24.4 Å². The molecule has 2 N–H and O–H groups in total. The van der Waals surface area contributed by atoms with Crippen molar-refractivity contribution < 1.29 is 27.9 Å². The first-order valence-electron chi connectivity index (χ1n) is 8.60. The highest BCUT2D eigenvalue weighted by Crippen LogP contribution is 2.20. The summed E-state index contributed by atoms with van der Waals surface area (Å²) in [5.41, 5.74) is 1.14. The summed E-state index contributed by atoms with van der Waals surface area (Å²) in [7, 11) is 0. The minimum atomic E-state index is -5.08. The number of halogens is 3. The van der Waals surface area contributed by atoms with Crippen LogP contribution in [0, 0.1) is 0 Å². The second-order valence-electron chi connectivity index (χ2n) is 6.47. The number of carboxylic acid groups (broad SMARTS) is 1. The van der Waals surface area contributed by atoms with E-state index in [9.17, 15) is 18.0 Å². The molecule has 12 heteroatoms. The topological polar surface area (TPSA) is 105 Å². The molecule has 28 heavy (non-hydrogen) atoms. The monoisotopic (exact) mass is 400 g/mol. The van der Waals surface area contributed by atoms with Gasteiger partial charge in [-0.3, -0.25) is 4.68 Å². The van der Waals surface area contributed by atoms with E-state index in [0.29, 0.717) is 19.1 Å². The molecule has 1 aliphatic heterocycles. The third kappa shape index (κ3) is 5.02. The summed E-state index contributed by atoms with van der Waals surface area (Å²) in [4.78, 5) is 27.3.